The maximum absolute atomic E-state index is 12.9. The van der Waals surface area contributed by atoms with Crippen LogP contribution in [-0.4, -0.2) is 61.9 Å². The van der Waals surface area contributed by atoms with Gasteiger partial charge in [0, 0.05) is 31.7 Å². The van der Waals surface area contributed by atoms with Crippen molar-refractivity contribution in [1.82, 2.24) is 9.21 Å². The highest BCUT2D eigenvalue weighted by Crippen LogP contribution is 2.30. The SMILES string of the molecule is CCCN(CC1CC1)C(=O)c1ccc(S(=O)(=O)N2CC(C)OC(C)C2)cc1. The molecule has 1 amide bonds. The third-order valence-electron chi connectivity index (χ3n) is 5.08. The highest BCUT2D eigenvalue weighted by Gasteiger charge is 2.32. The Labute approximate surface area is 162 Å². The van der Waals surface area contributed by atoms with E-state index in [1.165, 1.54) is 17.1 Å². The molecule has 3 rings (SSSR count). The van der Waals surface area contributed by atoms with Crippen molar-refractivity contribution in [2.75, 3.05) is 26.2 Å². The fraction of sp³-hybridized carbons (Fsp3) is 0.650. The lowest BCUT2D eigenvalue weighted by Gasteiger charge is -2.34. The molecular weight excluding hydrogens is 364 g/mol. The minimum absolute atomic E-state index is 0.0127. The van der Waals surface area contributed by atoms with Crippen LogP contribution in [0.2, 0.25) is 0 Å². The van der Waals surface area contributed by atoms with E-state index in [0.717, 1.165) is 19.5 Å². The van der Waals surface area contributed by atoms with Crippen LogP contribution in [0.3, 0.4) is 0 Å². The third kappa shape index (κ3) is 4.89. The van der Waals surface area contributed by atoms with Gasteiger partial charge in [-0.1, -0.05) is 6.92 Å². The average molecular weight is 395 g/mol. The van der Waals surface area contributed by atoms with Crippen LogP contribution in [0.4, 0.5) is 0 Å². The smallest absolute Gasteiger partial charge is 0.253 e. The molecule has 7 heteroatoms. The molecular formula is C20H30N2O4S. The van der Waals surface area contributed by atoms with Gasteiger partial charge in [-0.05, 0) is 63.3 Å². The number of amides is 1. The lowest BCUT2D eigenvalue weighted by molar-refractivity contribution is -0.0440. The molecule has 2 unspecified atom stereocenters. The Morgan fingerprint density at radius 2 is 1.74 bits per heavy atom. The molecule has 1 aliphatic carbocycles. The van der Waals surface area contributed by atoms with Gasteiger partial charge in [0.05, 0.1) is 17.1 Å². The van der Waals surface area contributed by atoms with Crippen LogP contribution in [0.1, 0.15) is 50.4 Å². The molecule has 0 radical (unpaired) electrons. The Balaban J connectivity index is 1.74. The van der Waals surface area contributed by atoms with Gasteiger partial charge >= 0.3 is 0 Å². The predicted octanol–water partition coefficient (Wildman–Crippen LogP) is 2.75. The largest absolute Gasteiger partial charge is 0.373 e. The van der Waals surface area contributed by atoms with E-state index in [-0.39, 0.29) is 23.0 Å². The lowest BCUT2D eigenvalue weighted by atomic mass is 10.2. The Morgan fingerprint density at radius 3 is 2.26 bits per heavy atom. The number of hydrogen-bond donors (Lipinski definition) is 0. The summed E-state index contributed by atoms with van der Waals surface area (Å²) >= 11 is 0. The van der Waals surface area contributed by atoms with Gasteiger partial charge in [0.1, 0.15) is 0 Å². The maximum Gasteiger partial charge on any atom is 0.253 e. The lowest BCUT2D eigenvalue weighted by Crippen LogP contribution is -2.48. The van der Waals surface area contributed by atoms with Gasteiger partial charge in [-0.15, -0.1) is 0 Å². The second kappa shape index (κ2) is 8.29. The first-order chi connectivity index (χ1) is 12.8. The number of rotatable bonds is 7. The number of carbonyl (C=O) groups is 1. The summed E-state index contributed by atoms with van der Waals surface area (Å²) in [7, 11) is -3.58. The quantitative estimate of drug-likeness (QED) is 0.713. The number of ether oxygens (including phenoxy) is 1. The van der Waals surface area contributed by atoms with Crippen LogP contribution in [0.25, 0.3) is 0 Å². The van der Waals surface area contributed by atoms with Crippen molar-refractivity contribution < 1.29 is 17.9 Å². The van der Waals surface area contributed by atoms with Crippen LogP contribution in [0.5, 0.6) is 0 Å². The van der Waals surface area contributed by atoms with E-state index in [9.17, 15) is 13.2 Å². The molecule has 1 saturated heterocycles. The second-order valence-electron chi connectivity index (χ2n) is 7.80. The molecule has 1 heterocycles. The van der Waals surface area contributed by atoms with Crippen molar-refractivity contribution >= 4 is 15.9 Å². The van der Waals surface area contributed by atoms with Crippen LogP contribution in [-0.2, 0) is 14.8 Å². The molecule has 2 aliphatic rings. The third-order valence-corrected chi connectivity index (χ3v) is 6.93. The van der Waals surface area contributed by atoms with Crippen molar-refractivity contribution in [2.45, 2.75) is 57.1 Å². The molecule has 6 nitrogen and oxygen atoms in total. The zero-order chi connectivity index (χ0) is 19.6. The Kier molecular flexibility index (Phi) is 6.23. The number of morpholine rings is 1. The molecule has 0 aromatic heterocycles. The van der Waals surface area contributed by atoms with Gasteiger partial charge in [-0.3, -0.25) is 4.79 Å². The van der Waals surface area contributed by atoms with Crippen LogP contribution in [0, 0.1) is 5.92 Å². The number of hydrogen-bond acceptors (Lipinski definition) is 4. The summed E-state index contributed by atoms with van der Waals surface area (Å²) in [6.45, 7) is 8.05. The number of nitrogens with zero attached hydrogens (tertiary/aromatic N) is 2. The van der Waals surface area contributed by atoms with Crippen LogP contribution >= 0.6 is 0 Å². The minimum atomic E-state index is -3.58. The summed E-state index contributed by atoms with van der Waals surface area (Å²) in [5, 5.41) is 0. The number of carbonyl (C=O) groups excluding carboxylic acids is 1. The predicted molar refractivity (Wildman–Crippen MR) is 104 cm³/mol. The van der Waals surface area contributed by atoms with Crippen molar-refractivity contribution in [2.24, 2.45) is 5.92 Å². The maximum atomic E-state index is 12.9. The first-order valence-corrected chi connectivity index (χ1v) is 11.3. The molecule has 1 aliphatic heterocycles. The fourth-order valence-electron chi connectivity index (χ4n) is 3.59. The van der Waals surface area contributed by atoms with Crippen LogP contribution in [0.15, 0.2) is 29.2 Å². The molecule has 1 aromatic rings. The summed E-state index contributed by atoms with van der Waals surface area (Å²) in [4.78, 5) is 14.9. The van der Waals surface area contributed by atoms with E-state index < -0.39 is 10.0 Å². The van der Waals surface area contributed by atoms with E-state index in [0.29, 0.717) is 24.6 Å². The zero-order valence-electron chi connectivity index (χ0n) is 16.4. The average Bonchev–Trinajstić information content (AvgIpc) is 3.44. The molecule has 1 saturated carbocycles. The van der Waals surface area contributed by atoms with Gasteiger partial charge in [0.2, 0.25) is 10.0 Å². The topological polar surface area (TPSA) is 66.9 Å². The molecule has 0 spiro atoms. The molecule has 0 bridgehead atoms. The van der Waals surface area contributed by atoms with Crippen molar-refractivity contribution in [3.63, 3.8) is 0 Å². The first-order valence-electron chi connectivity index (χ1n) is 9.86. The normalized spacial score (nSPS) is 24.0. The van der Waals surface area contributed by atoms with Crippen molar-refractivity contribution in [3.05, 3.63) is 29.8 Å². The number of benzene rings is 1. The van der Waals surface area contributed by atoms with E-state index in [1.54, 1.807) is 24.3 Å². The van der Waals surface area contributed by atoms with Crippen molar-refractivity contribution in [1.29, 1.82) is 0 Å². The van der Waals surface area contributed by atoms with Gasteiger partial charge in [-0.2, -0.15) is 4.31 Å². The Morgan fingerprint density at radius 1 is 1.15 bits per heavy atom. The second-order valence-corrected chi connectivity index (χ2v) is 9.74. The van der Waals surface area contributed by atoms with Crippen LogP contribution < -0.4 is 0 Å². The summed E-state index contributed by atoms with van der Waals surface area (Å²) in [6.07, 6.45) is 3.05. The van der Waals surface area contributed by atoms with Crippen molar-refractivity contribution in [3.8, 4) is 0 Å². The Bertz CT molecular complexity index is 749. The highest BCUT2D eigenvalue weighted by molar-refractivity contribution is 7.89. The van der Waals surface area contributed by atoms with Gasteiger partial charge < -0.3 is 9.64 Å². The molecule has 27 heavy (non-hydrogen) atoms. The molecule has 0 N–H and O–H groups in total. The monoisotopic (exact) mass is 394 g/mol. The number of sulfonamides is 1. The first kappa shape index (κ1) is 20.3. The molecule has 150 valence electrons. The van der Waals surface area contributed by atoms with E-state index >= 15 is 0 Å². The summed E-state index contributed by atoms with van der Waals surface area (Å²) < 4.78 is 32.9. The molecule has 2 atom stereocenters. The molecule has 2 fully saturated rings. The van der Waals surface area contributed by atoms with Gasteiger partial charge in [0.15, 0.2) is 0 Å². The summed E-state index contributed by atoms with van der Waals surface area (Å²) in [6, 6.07) is 6.37. The molecule has 1 aromatic carbocycles. The minimum Gasteiger partial charge on any atom is -0.373 e. The zero-order valence-corrected chi connectivity index (χ0v) is 17.2. The highest BCUT2D eigenvalue weighted by atomic mass is 32.2. The fourth-order valence-corrected chi connectivity index (χ4v) is 5.18. The summed E-state index contributed by atoms with van der Waals surface area (Å²) in [5.41, 5.74) is 0.548. The van der Waals surface area contributed by atoms with Gasteiger partial charge in [0.25, 0.3) is 5.91 Å². The standard InChI is InChI=1S/C20H30N2O4S/c1-4-11-21(14-17-5-6-17)20(23)18-7-9-19(10-8-18)27(24,25)22-12-15(2)26-16(3)13-22/h7-10,15-17H,4-6,11-14H2,1-3H3. The Hall–Kier alpha value is -1.44. The van der Waals surface area contributed by atoms with E-state index in [4.69, 9.17) is 4.74 Å². The van der Waals surface area contributed by atoms with E-state index in [1.807, 2.05) is 18.7 Å². The summed E-state index contributed by atoms with van der Waals surface area (Å²) in [5.74, 6) is 0.617. The van der Waals surface area contributed by atoms with Gasteiger partial charge in [-0.25, -0.2) is 8.42 Å². The van der Waals surface area contributed by atoms with E-state index in [2.05, 4.69) is 6.92 Å².